The van der Waals surface area contributed by atoms with E-state index < -0.39 is 17.8 Å². The number of aryl methyl sites for hydroxylation is 2. The average molecular weight is 457 g/mol. The highest BCUT2D eigenvalue weighted by Gasteiger charge is 2.25. The summed E-state index contributed by atoms with van der Waals surface area (Å²) in [6.45, 7) is 6.37. The Bertz CT molecular complexity index is 1010. The van der Waals surface area contributed by atoms with Crippen LogP contribution in [0.1, 0.15) is 47.7 Å². The van der Waals surface area contributed by atoms with Crippen LogP contribution >= 0.6 is 0 Å². The molecule has 0 spiro atoms. The summed E-state index contributed by atoms with van der Waals surface area (Å²) in [6, 6.07) is 8.82. The van der Waals surface area contributed by atoms with Gasteiger partial charge in [-0.15, -0.1) is 0 Å². The van der Waals surface area contributed by atoms with E-state index in [4.69, 9.17) is 4.84 Å². The molecule has 0 heterocycles. The predicted molar refractivity (Wildman–Crippen MR) is 130 cm³/mol. The van der Waals surface area contributed by atoms with Crippen LogP contribution in [-0.4, -0.2) is 43.7 Å². The van der Waals surface area contributed by atoms with Gasteiger partial charge in [-0.3, -0.25) is 14.6 Å². The summed E-state index contributed by atoms with van der Waals surface area (Å²) < 4.78 is 15.9. The van der Waals surface area contributed by atoms with Crippen LogP contribution in [0.3, 0.4) is 0 Å². The van der Waals surface area contributed by atoms with Gasteiger partial charge in [0.2, 0.25) is 0 Å². The smallest absolute Gasteiger partial charge is 0.277 e. The molecule has 1 aliphatic carbocycles. The number of nitrogens with one attached hydrogen (secondary N) is 2. The first kappa shape index (κ1) is 24.7. The monoisotopic (exact) mass is 456 g/mol. The van der Waals surface area contributed by atoms with Gasteiger partial charge in [-0.1, -0.05) is 24.6 Å². The van der Waals surface area contributed by atoms with Crippen LogP contribution in [0.25, 0.3) is 0 Å². The van der Waals surface area contributed by atoms with Crippen molar-refractivity contribution < 1.29 is 19.1 Å². The molecule has 8 heteroatoms. The largest absolute Gasteiger partial charge is 0.391 e. The number of rotatable bonds is 11. The summed E-state index contributed by atoms with van der Waals surface area (Å²) in [7, 11) is 1.58. The minimum atomic E-state index is -0.656. The van der Waals surface area contributed by atoms with Gasteiger partial charge in [0.1, 0.15) is 0 Å². The van der Waals surface area contributed by atoms with Crippen molar-refractivity contribution in [2.24, 2.45) is 10.9 Å². The highest BCUT2D eigenvalue weighted by Crippen LogP contribution is 2.33. The molecule has 0 radical (unpaired) electrons. The molecule has 3 N–H and O–H groups in total. The first-order chi connectivity index (χ1) is 15.8. The van der Waals surface area contributed by atoms with E-state index >= 15 is 4.39 Å². The molecule has 1 fully saturated rings. The molecular weight excluding hydrogens is 423 g/mol. The molecule has 1 unspecified atom stereocenters. The zero-order valence-corrected chi connectivity index (χ0v) is 19.7. The molecule has 0 aliphatic heterocycles. The minimum Gasteiger partial charge on any atom is -0.391 e. The number of halogens is 1. The Morgan fingerprint density at radius 1 is 1.33 bits per heavy atom. The van der Waals surface area contributed by atoms with Gasteiger partial charge in [-0.05, 0) is 62.8 Å². The van der Waals surface area contributed by atoms with Crippen LogP contribution in [0.2, 0.25) is 0 Å². The number of amides is 1. The van der Waals surface area contributed by atoms with Gasteiger partial charge in [0.25, 0.3) is 5.91 Å². The van der Waals surface area contributed by atoms with Crippen molar-refractivity contribution in [2.75, 3.05) is 30.4 Å². The summed E-state index contributed by atoms with van der Waals surface area (Å²) in [5, 5.41) is 13.3. The first-order valence-corrected chi connectivity index (χ1v) is 11.3. The predicted octanol–water partition coefficient (Wildman–Crippen LogP) is 4.49. The number of anilines is 3. The number of hydrogen-bond donors (Lipinski definition) is 3. The summed E-state index contributed by atoms with van der Waals surface area (Å²) in [4.78, 5) is 23.7. The lowest BCUT2D eigenvalue weighted by Gasteiger charge is -2.25. The molecule has 1 atom stereocenters. The normalized spacial score (nSPS) is 14.4. The summed E-state index contributed by atoms with van der Waals surface area (Å²) >= 11 is 0. The lowest BCUT2D eigenvalue weighted by Crippen LogP contribution is -2.32. The Labute approximate surface area is 194 Å². The Kier molecular flexibility index (Phi) is 8.41. The van der Waals surface area contributed by atoms with E-state index in [1.165, 1.54) is 12.4 Å². The van der Waals surface area contributed by atoms with E-state index in [-0.39, 0.29) is 23.5 Å². The molecule has 3 rings (SSSR count). The van der Waals surface area contributed by atoms with Gasteiger partial charge in [0.05, 0.1) is 42.5 Å². The van der Waals surface area contributed by atoms with Gasteiger partial charge in [0.15, 0.2) is 5.82 Å². The highest BCUT2D eigenvalue weighted by molar-refractivity contribution is 6.01. The molecule has 2 aromatic rings. The summed E-state index contributed by atoms with van der Waals surface area (Å²) in [6.07, 6.45) is 3.52. The molecule has 0 bridgehead atoms. The second-order valence-electron chi connectivity index (χ2n) is 8.54. The standard InChI is InChI=1S/C25H33FN4O3/c1-5-19(31)13-30(15-27-4)22-11-9-20(25(32)29-33-14-18-7-8-18)24(23(22)26)28-21-10-6-16(2)12-17(21)3/h6,9-12,15,18-19,28,31H,5,7-8,13-14H2,1-4H3,(H,29,32). The number of aliphatic imine (C=N–C) groups is 1. The van der Waals surface area contributed by atoms with Crippen LogP contribution < -0.4 is 15.7 Å². The Balaban J connectivity index is 1.98. The summed E-state index contributed by atoms with van der Waals surface area (Å²) in [5.41, 5.74) is 5.49. The van der Waals surface area contributed by atoms with Crippen LogP contribution in [-0.2, 0) is 4.84 Å². The topological polar surface area (TPSA) is 86.2 Å². The third-order valence-corrected chi connectivity index (χ3v) is 5.63. The van der Waals surface area contributed by atoms with Crippen molar-refractivity contribution in [3.8, 4) is 0 Å². The highest BCUT2D eigenvalue weighted by atomic mass is 19.1. The third kappa shape index (κ3) is 6.52. The maximum atomic E-state index is 15.9. The number of aliphatic hydroxyl groups is 1. The molecule has 178 valence electrons. The lowest BCUT2D eigenvalue weighted by atomic mass is 10.1. The number of carbonyl (C=O) groups is 1. The zero-order chi connectivity index (χ0) is 24.0. The van der Waals surface area contributed by atoms with Gasteiger partial charge >= 0.3 is 0 Å². The summed E-state index contributed by atoms with van der Waals surface area (Å²) in [5.74, 6) is -0.671. The quantitative estimate of drug-likeness (QED) is 0.263. The van der Waals surface area contributed by atoms with E-state index in [9.17, 15) is 9.90 Å². The molecule has 7 nitrogen and oxygen atoms in total. The van der Waals surface area contributed by atoms with Crippen LogP contribution in [0.15, 0.2) is 35.3 Å². The van der Waals surface area contributed by atoms with Crippen molar-refractivity contribution in [1.82, 2.24) is 5.48 Å². The average Bonchev–Trinajstić information content (AvgIpc) is 3.60. The Morgan fingerprint density at radius 2 is 2.09 bits per heavy atom. The Hall–Kier alpha value is -2.97. The van der Waals surface area contributed by atoms with Crippen molar-refractivity contribution in [3.05, 3.63) is 52.8 Å². The van der Waals surface area contributed by atoms with Crippen molar-refractivity contribution in [2.45, 2.75) is 46.1 Å². The molecule has 33 heavy (non-hydrogen) atoms. The molecule has 0 aromatic heterocycles. The number of benzene rings is 2. The van der Waals surface area contributed by atoms with Gasteiger partial charge < -0.3 is 15.3 Å². The van der Waals surface area contributed by atoms with Gasteiger partial charge in [0, 0.05) is 12.7 Å². The molecule has 2 aromatic carbocycles. The molecule has 1 amide bonds. The fraction of sp³-hybridized carbons (Fsp3) is 0.440. The minimum absolute atomic E-state index is 0.0347. The second kappa shape index (κ2) is 11.2. The first-order valence-electron chi connectivity index (χ1n) is 11.3. The number of carbonyl (C=O) groups excluding carboxylic acids is 1. The van der Waals surface area contributed by atoms with Gasteiger partial charge in [-0.2, -0.15) is 0 Å². The van der Waals surface area contributed by atoms with Crippen molar-refractivity contribution in [3.63, 3.8) is 0 Å². The Morgan fingerprint density at radius 3 is 2.73 bits per heavy atom. The zero-order valence-electron chi connectivity index (χ0n) is 19.7. The number of hydrogen-bond acceptors (Lipinski definition) is 5. The fourth-order valence-corrected chi connectivity index (χ4v) is 3.45. The van der Waals surface area contributed by atoms with Crippen LogP contribution in [0.5, 0.6) is 0 Å². The van der Waals surface area contributed by atoms with E-state index in [0.29, 0.717) is 24.6 Å². The van der Waals surface area contributed by atoms with Crippen LogP contribution in [0.4, 0.5) is 21.5 Å². The molecule has 1 saturated carbocycles. The lowest BCUT2D eigenvalue weighted by molar-refractivity contribution is 0.0271. The van der Waals surface area contributed by atoms with Crippen molar-refractivity contribution >= 4 is 29.3 Å². The number of nitrogens with zero attached hydrogens (tertiary/aromatic N) is 2. The van der Waals surface area contributed by atoms with Crippen LogP contribution in [0, 0.1) is 25.6 Å². The second-order valence-corrected chi connectivity index (χ2v) is 8.54. The van der Waals surface area contributed by atoms with E-state index in [2.05, 4.69) is 15.8 Å². The SMILES string of the molecule is CCC(O)CN(C=NC)c1ccc(C(=O)NOCC2CC2)c(Nc2ccc(C)cc2C)c1F. The number of hydroxylamine groups is 1. The van der Waals surface area contributed by atoms with Gasteiger partial charge in [-0.25, -0.2) is 9.87 Å². The maximum absolute atomic E-state index is 15.9. The fourth-order valence-electron chi connectivity index (χ4n) is 3.45. The molecular formula is C25H33FN4O3. The molecule has 0 saturated heterocycles. The van der Waals surface area contributed by atoms with E-state index in [0.717, 1.165) is 24.0 Å². The van der Waals surface area contributed by atoms with E-state index in [1.807, 2.05) is 39.0 Å². The maximum Gasteiger partial charge on any atom is 0.277 e. The molecule has 1 aliphatic rings. The number of aliphatic hydroxyl groups excluding tert-OH is 1. The van der Waals surface area contributed by atoms with Crippen molar-refractivity contribution in [1.29, 1.82) is 0 Å². The third-order valence-electron chi connectivity index (χ3n) is 5.63. The van der Waals surface area contributed by atoms with E-state index in [1.54, 1.807) is 18.0 Å².